The fourth-order valence-electron chi connectivity index (χ4n) is 3.16. The fraction of sp³-hybridized carbons (Fsp3) is 0.292. The predicted octanol–water partition coefficient (Wildman–Crippen LogP) is 4.94. The van der Waals surface area contributed by atoms with Crippen molar-refractivity contribution in [3.63, 3.8) is 0 Å². The maximum absolute atomic E-state index is 12.5. The minimum Gasteiger partial charge on any atom is -0.456 e. The minimum absolute atomic E-state index is 0.309. The van der Waals surface area contributed by atoms with E-state index in [1.54, 1.807) is 24.3 Å². The molecule has 0 spiro atoms. The van der Waals surface area contributed by atoms with Crippen LogP contribution in [0.2, 0.25) is 5.02 Å². The summed E-state index contributed by atoms with van der Waals surface area (Å²) in [6.45, 7) is 2.10. The summed E-state index contributed by atoms with van der Waals surface area (Å²) in [5.41, 5.74) is 2.42. The molecule has 0 fully saturated rings. The Kier molecular flexibility index (Phi) is 9.54. The molecular weight excluding hydrogens is 519 g/mol. The molecule has 0 aliphatic rings. The average molecular weight is 542 g/mol. The van der Waals surface area contributed by atoms with E-state index < -0.39 is 18.2 Å². The maximum atomic E-state index is 12.5. The highest BCUT2D eigenvalue weighted by Gasteiger charge is 2.31. The molecule has 0 saturated heterocycles. The summed E-state index contributed by atoms with van der Waals surface area (Å²) in [5.74, 6) is -1.26. The van der Waals surface area contributed by atoms with Gasteiger partial charge in [0.25, 0.3) is 5.91 Å². The fourth-order valence-corrected chi connectivity index (χ4v) is 4.22. The summed E-state index contributed by atoms with van der Waals surface area (Å²) >= 11 is 7.34. The lowest BCUT2D eigenvalue weighted by atomic mass is 10.1. The Bertz CT molecular complexity index is 1240. The van der Waals surface area contributed by atoms with Gasteiger partial charge < -0.3 is 19.4 Å². The molecular formula is C24H23ClF3N3O4S. The standard InChI is InChI=1S/C24H23ClF3N3O4S/c1-16(32)34-14-22(33)29-11-2-12-31-21(18-5-9-20(10-6-18)35-24(26,27)28)15-36-23(31)30-13-17-3-7-19(25)8-4-17/h3-10,15H,2,11-14H2,1H3,(H,29,33). The van der Waals surface area contributed by atoms with Gasteiger partial charge in [0.2, 0.25) is 0 Å². The van der Waals surface area contributed by atoms with Crippen LogP contribution in [0, 0.1) is 0 Å². The molecule has 0 saturated carbocycles. The molecule has 192 valence electrons. The van der Waals surface area contributed by atoms with Crippen LogP contribution in [-0.2, 0) is 27.4 Å². The first-order chi connectivity index (χ1) is 17.1. The molecule has 1 heterocycles. The van der Waals surface area contributed by atoms with Crippen LogP contribution < -0.4 is 14.9 Å². The predicted molar refractivity (Wildman–Crippen MR) is 129 cm³/mol. The molecule has 0 aliphatic heterocycles. The molecule has 0 aliphatic carbocycles. The van der Waals surface area contributed by atoms with Crippen molar-refractivity contribution >= 4 is 34.8 Å². The first-order valence-corrected chi connectivity index (χ1v) is 12.1. The number of nitrogens with one attached hydrogen (secondary N) is 1. The number of halogens is 4. The molecule has 3 aromatic rings. The number of esters is 1. The van der Waals surface area contributed by atoms with E-state index in [1.807, 2.05) is 22.1 Å². The smallest absolute Gasteiger partial charge is 0.456 e. The van der Waals surface area contributed by atoms with Gasteiger partial charge >= 0.3 is 12.3 Å². The summed E-state index contributed by atoms with van der Waals surface area (Å²) in [4.78, 5) is 28.0. The van der Waals surface area contributed by atoms with E-state index in [1.165, 1.54) is 30.4 Å². The molecule has 0 bridgehead atoms. The van der Waals surface area contributed by atoms with Crippen LogP contribution >= 0.6 is 22.9 Å². The first-order valence-electron chi connectivity index (χ1n) is 10.8. The van der Waals surface area contributed by atoms with Crippen LogP contribution in [-0.4, -0.2) is 36.0 Å². The molecule has 1 amide bonds. The zero-order chi connectivity index (χ0) is 26.1. The van der Waals surface area contributed by atoms with Crippen molar-refractivity contribution in [2.75, 3.05) is 13.2 Å². The third-order valence-corrected chi connectivity index (χ3v) is 5.93. The second-order valence-electron chi connectivity index (χ2n) is 7.55. The van der Waals surface area contributed by atoms with E-state index in [0.29, 0.717) is 41.4 Å². The van der Waals surface area contributed by atoms with Crippen LogP contribution in [0.25, 0.3) is 11.3 Å². The van der Waals surface area contributed by atoms with Gasteiger partial charge in [-0.05, 0) is 53.9 Å². The van der Waals surface area contributed by atoms with E-state index >= 15 is 0 Å². The summed E-state index contributed by atoms with van der Waals surface area (Å²) in [7, 11) is 0. The molecule has 2 aromatic carbocycles. The number of thiazole rings is 1. The van der Waals surface area contributed by atoms with Gasteiger partial charge in [0, 0.05) is 30.4 Å². The average Bonchev–Trinajstić information content (AvgIpc) is 3.22. The number of nitrogens with zero attached hydrogens (tertiary/aromatic N) is 2. The third kappa shape index (κ3) is 8.72. The lowest BCUT2D eigenvalue weighted by Crippen LogP contribution is -2.30. The zero-order valence-electron chi connectivity index (χ0n) is 19.2. The Morgan fingerprint density at radius 3 is 2.44 bits per heavy atom. The first kappa shape index (κ1) is 27.3. The second-order valence-corrected chi connectivity index (χ2v) is 8.83. The highest BCUT2D eigenvalue weighted by atomic mass is 35.5. The van der Waals surface area contributed by atoms with Crippen LogP contribution in [0.4, 0.5) is 13.2 Å². The second kappa shape index (κ2) is 12.6. The number of hydrogen-bond acceptors (Lipinski definition) is 6. The molecule has 1 aromatic heterocycles. The van der Waals surface area contributed by atoms with Crippen molar-refractivity contribution in [3.05, 3.63) is 69.3 Å². The van der Waals surface area contributed by atoms with Crippen molar-refractivity contribution in [2.45, 2.75) is 32.8 Å². The number of alkyl halides is 3. The molecule has 0 atom stereocenters. The van der Waals surface area contributed by atoms with E-state index in [2.05, 4.69) is 14.8 Å². The Morgan fingerprint density at radius 1 is 1.11 bits per heavy atom. The van der Waals surface area contributed by atoms with Gasteiger partial charge in [-0.15, -0.1) is 24.5 Å². The number of ether oxygens (including phenoxy) is 2. The summed E-state index contributed by atoms with van der Waals surface area (Å²) in [6, 6.07) is 12.9. The zero-order valence-corrected chi connectivity index (χ0v) is 20.8. The topological polar surface area (TPSA) is 81.9 Å². The minimum atomic E-state index is -4.77. The molecule has 3 rings (SSSR count). The molecule has 0 radical (unpaired) electrons. The van der Waals surface area contributed by atoms with E-state index in [4.69, 9.17) is 16.6 Å². The number of aromatic nitrogens is 1. The SMILES string of the molecule is CC(=O)OCC(=O)NCCCn1c(-c2ccc(OC(F)(F)F)cc2)csc1=NCc1ccc(Cl)cc1. The lowest BCUT2D eigenvalue weighted by Gasteiger charge is -2.12. The number of carbonyl (C=O) groups is 2. The molecule has 36 heavy (non-hydrogen) atoms. The number of benzene rings is 2. The number of carbonyl (C=O) groups excluding carboxylic acids is 2. The van der Waals surface area contributed by atoms with Gasteiger partial charge in [-0.25, -0.2) is 0 Å². The molecule has 0 unspecified atom stereocenters. The van der Waals surface area contributed by atoms with Crippen LogP contribution in [0.1, 0.15) is 18.9 Å². The summed E-state index contributed by atoms with van der Waals surface area (Å²) < 4.78 is 48.1. The lowest BCUT2D eigenvalue weighted by molar-refractivity contribution is -0.274. The van der Waals surface area contributed by atoms with Crippen LogP contribution in [0.3, 0.4) is 0 Å². The van der Waals surface area contributed by atoms with Crippen molar-refractivity contribution in [3.8, 4) is 17.0 Å². The van der Waals surface area contributed by atoms with E-state index in [9.17, 15) is 22.8 Å². The Hall–Kier alpha value is -3.31. The van der Waals surface area contributed by atoms with Gasteiger partial charge in [0.1, 0.15) is 5.75 Å². The highest BCUT2D eigenvalue weighted by molar-refractivity contribution is 7.07. The maximum Gasteiger partial charge on any atom is 0.573 e. The number of hydrogen-bond donors (Lipinski definition) is 1. The van der Waals surface area contributed by atoms with Gasteiger partial charge in [0.15, 0.2) is 11.4 Å². The number of rotatable bonds is 10. The van der Waals surface area contributed by atoms with Gasteiger partial charge in [-0.3, -0.25) is 14.6 Å². The molecule has 7 nitrogen and oxygen atoms in total. The summed E-state index contributed by atoms with van der Waals surface area (Å²) in [6.07, 6.45) is -4.23. The van der Waals surface area contributed by atoms with Crippen molar-refractivity contribution in [1.82, 2.24) is 9.88 Å². The van der Waals surface area contributed by atoms with Crippen LogP contribution in [0.5, 0.6) is 5.75 Å². The van der Waals surface area contributed by atoms with E-state index in [0.717, 1.165) is 11.3 Å². The monoisotopic (exact) mass is 541 g/mol. The highest BCUT2D eigenvalue weighted by Crippen LogP contribution is 2.27. The Labute approximate surface area is 214 Å². The van der Waals surface area contributed by atoms with Crippen molar-refractivity contribution < 1.29 is 32.2 Å². The van der Waals surface area contributed by atoms with Crippen molar-refractivity contribution in [1.29, 1.82) is 0 Å². The number of amides is 1. The van der Waals surface area contributed by atoms with Crippen molar-refractivity contribution in [2.24, 2.45) is 4.99 Å². The third-order valence-electron chi connectivity index (χ3n) is 4.78. The Balaban J connectivity index is 1.78. The van der Waals surface area contributed by atoms with Gasteiger partial charge in [-0.2, -0.15) is 0 Å². The normalized spacial score (nSPS) is 11.9. The quantitative estimate of drug-likeness (QED) is 0.291. The molecule has 1 N–H and O–H groups in total. The Morgan fingerprint density at radius 2 is 1.81 bits per heavy atom. The summed E-state index contributed by atoms with van der Waals surface area (Å²) in [5, 5.41) is 5.18. The van der Waals surface area contributed by atoms with Gasteiger partial charge in [0.05, 0.1) is 12.2 Å². The largest absolute Gasteiger partial charge is 0.573 e. The molecule has 12 heteroatoms. The van der Waals surface area contributed by atoms with E-state index in [-0.39, 0.29) is 12.4 Å². The van der Waals surface area contributed by atoms with Crippen LogP contribution in [0.15, 0.2) is 58.9 Å². The van der Waals surface area contributed by atoms with Gasteiger partial charge in [-0.1, -0.05) is 23.7 Å².